The summed E-state index contributed by atoms with van der Waals surface area (Å²) in [6, 6.07) is 0. The molecule has 1 fully saturated rings. The van der Waals surface area contributed by atoms with E-state index in [0.717, 1.165) is 12.8 Å². The minimum Gasteiger partial charge on any atom is -0.380 e. The highest BCUT2D eigenvalue weighted by atomic mass is 32.2. The van der Waals surface area contributed by atoms with Crippen LogP contribution in [-0.4, -0.2) is 56.5 Å². The molecule has 7 nitrogen and oxygen atoms in total. The van der Waals surface area contributed by atoms with Crippen molar-refractivity contribution in [2.45, 2.75) is 43.9 Å². The van der Waals surface area contributed by atoms with Crippen molar-refractivity contribution >= 4 is 15.8 Å². The van der Waals surface area contributed by atoms with E-state index in [1.54, 1.807) is 11.2 Å². The number of likely N-dealkylation sites (N-methyl/N-ethyl adjacent to an activating group) is 1. The van der Waals surface area contributed by atoms with Gasteiger partial charge in [-0.05, 0) is 39.8 Å². The molecule has 1 saturated carbocycles. The second-order valence-corrected chi connectivity index (χ2v) is 8.50. The highest BCUT2D eigenvalue weighted by molar-refractivity contribution is 7.89. The Morgan fingerprint density at radius 3 is 2.39 bits per heavy atom. The van der Waals surface area contributed by atoms with Gasteiger partial charge in [-0.25, -0.2) is 8.42 Å². The third kappa shape index (κ3) is 4.45. The monoisotopic (exact) mass is 344 g/mol. The van der Waals surface area contributed by atoms with Gasteiger partial charge in [-0.2, -0.15) is 4.31 Å². The molecular weight excluding hydrogens is 316 g/mol. The molecule has 0 aliphatic heterocycles. The van der Waals surface area contributed by atoms with Crippen molar-refractivity contribution < 1.29 is 12.9 Å². The van der Waals surface area contributed by atoms with E-state index in [1.807, 2.05) is 19.0 Å². The fraction of sp³-hybridized carbons (Fsp3) is 0.800. The summed E-state index contributed by atoms with van der Waals surface area (Å²) in [6.45, 7) is 3.23. The van der Waals surface area contributed by atoms with Crippen LogP contribution in [0.15, 0.2) is 9.42 Å². The quantitative estimate of drug-likeness (QED) is 0.809. The van der Waals surface area contributed by atoms with Crippen molar-refractivity contribution in [3.8, 4) is 0 Å². The largest absolute Gasteiger partial charge is 0.380 e. The van der Waals surface area contributed by atoms with Crippen LogP contribution in [0, 0.1) is 12.8 Å². The summed E-state index contributed by atoms with van der Waals surface area (Å²) in [5.74, 6) is 0.615. The number of hydrogen-bond donors (Lipinski definition) is 1. The average molecular weight is 344 g/mol. The molecule has 2 rings (SSSR count). The summed E-state index contributed by atoms with van der Waals surface area (Å²) in [5.41, 5.74) is 5.73. The van der Waals surface area contributed by atoms with Crippen molar-refractivity contribution in [1.82, 2.24) is 14.4 Å². The number of nitrogens with zero attached hydrogens (tertiary/aromatic N) is 3. The first-order valence-electron chi connectivity index (χ1n) is 8.19. The van der Waals surface area contributed by atoms with E-state index in [0.29, 0.717) is 25.6 Å². The first kappa shape index (κ1) is 18.2. The van der Waals surface area contributed by atoms with Crippen LogP contribution in [0.25, 0.3) is 0 Å². The van der Waals surface area contributed by atoms with E-state index >= 15 is 0 Å². The molecule has 8 heteroatoms. The van der Waals surface area contributed by atoms with Gasteiger partial charge in [0, 0.05) is 19.6 Å². The lowest BCUT2D eigenvalue weighted by molar-refractivity contribution is 0.260. The van der Waals surface area contributed by atoms with Crippen LogP contribution in [-0.2, 0) is 10.0 Å². The maximum atomic E-state index is 13.0. The van der Waals surface area contributed by atoms with Crippen molar-refractivity contribution in [2.24, 2.45) is 5.92 Å². The zero-order valence-corrected chi connectivity index (χ0v) is 15.1. The maximum Gasteiger partial charge on any atom is 0.250 e. The van der Waals surface area contributed by atoms with Gasteiger partial charge in [0.05, 0.1) is 0 Å². The molecule has 0 bridgehead atoms. The molecule has 0 spiro atoms. The Bertz CT molecular complexity index is 587. The van der Waals surface area contributed by atoms with Crippen LogP contribution in [0.4, 0.5) is 5.82 Å². The van der Waals surface area contributed by atoms with Crippen molar-refractivity contribution in [1.29, 1.82) is 0 Å². The number of rotatable bonds is 7. The molecule has 23 heavy (non-hydrogen) atoms. The lowest BCUT2D eigenvalue weighted by atomic mass is 9.89. The van der Waals surface area contributed by atoms with Crippen molar-refractivity contribution in [3.05, 3.63) is 5.76 Å². The van der Waals surface area contributed by atoms with Gasteiger partial charge >= 0.3 is 0 Å². The van der Waals surface area contributed by atoms with Crippen molar-refractivity contribution in [3.63, 3.8) is 0 Å². The molecule has 0 aromatic carbocycles. The topological polar surface area (TPSA) is 92.7 Å². The Hall–Kier alpha value is -1.12. The van der Waals surface area contributed by atoms with E-state index in [2.05, 4.69) is 5.16 Å². The van der Waals surface area contributed by atoms with Gasteiger partial charge in [0.25, 0.3) is 0 Å². The van der Waals surface area contributed by atoms with Crippen LogP contribution in [0.2, 0.25) is 0 Å². The van der Waals surface area contributed by atoms with Gasteiger partial charge < -0.3 is 15.2 Å². The van der Waals surface area contributed by atoms with E-state index in [4.69, 9.17) is 10.3 Å². The molecular formula is C15H28N4O3S. The van der Waals surface area contributed by atoms with E-state index < -0.39 is 10.0 Å². The molecule has 0 radical (unpaired) electrons. The second kappa shape index (κ2) is 7.63. The van der Waals surface area contributed by atoms with Crippen LogP contribution < -0.4 is 5.73 Å². The Morgan fingerprint density at radius 2 is 1.87 bits per heavy atom. The first-order valence-corrected chi connectivity index (χ1v) is 9.63. The minimum absolute atomic E-state index is 0.0204. The Labute approximate surface area is 138 Å². The third-order valence-corrected chi connectivity index (χ3v) is 6.44. The number of anilines is 1. The Balaban J connectivity index is 2.23. The molecule has 0 unspecified atom stereocenters. The zero-order valence-electron chi connectivity index (χ0n) is 14.3. The van der Waals surface area contributed by atoms with E-state index in [1.165, 1.54) is 19.3 Å². The van der Waals surface area contributed by atoms with Gasteiger partial charge in [-0.3, -0.25) is 0 Å². The average Bonchev–Trinajstić information content (AvgIpc) is 2.83. The van der Waals surface area contributed by atoms with E-state index in [9.17, 15) is 8.42 Å². The summed E-state index contributed by atoms with van der Waals surface area (Å²) < 4.78 is 32.6. The predicted octanol–water partition coefficient (Wildman–Crippen LogP) is 1.70. The maximum absolute atomic E-state index is 13.0. The first-order chi connectivity index (χ1) is 10.8. The number of nitrogens with two attached hydrogens (primary N) is 1. The predicted molar refractivity (Wildman–Crippen MR) is 89.5 cm³/mol. The highest BCUT2D eigenvalue weighted by Crippen LogP contribution is 2.29. The molecule has 2 N–H and O–H groups in total. The third-order valence-electron chi connectivity index (χ3n) is 4.41. The van der Waals surface area contributed by atoms with Gasteiger partial charge in [0.1, 0.15) is 0 Å². The van der Waals surface area contributed by atoms with Crippen LogP contribution >= 0.6 is 0 Å². The summed E-state index contributed by atoms with van der Waals surface area (Å²) >= 11 is 0. The Morgan fingerprint density at radius 1 is 1.22 bits per heavy atom. The van der Waals surface area contributed by atoms with Gasteiger partial charge in [-0.15, -0.1) is 0 Å². The molecule has 1 aromatic rings. The minimum atomic E-state index is -3.69. The van der Waals surface area contributed by atoms with Crippen molar-refractivity contribution in [2.75, 3.05) is 39.5 Å². The van der Waals surface area contributed by atoms with Gasteiger partial charge in [0.2, 0.25) is 10.0 Å². The molecule has 1 aromatic heterocycles. The smallest absolute Gasteiger partial charge is 0.250 e. The molecule has 1 aliphatic rings. The number of aromatic nitrogens is 1. The normalized spacial score (nSPS) is 17.3. The number of hydrogen-bond acceptors (Lipinski definition) is 6. The van der Waals surface area contributed by atoms with E-state index in [-0.39, 0.29) is 16.5 Å². The number of sulfonamides is 1. The molecule has 0 saturated heterocycles. The standard InChI is InChI=1S/C15H28N4O3S/c1-12-14(15(16)17-22-12)23(20,21)19(10-9-18(2)3)11-13-7-5-4-6-8-13/h13H,4-11H2,1-3H3,(H2,16,17). The molecule has 1 aliphatic carbocycles. The summed E-state index contributed by atoms with van der Waals surface area (Å²) in [5, 5.41) is 3.59. The number of nitrogen functional groups attached to an aromatic ring is 1. The number of aryl methyl sites for hydroxylation is 1. The molecule has 0 atom stereocenters. The lowest BCUT2D eigenvalue weighted by Crippen LogP contribution is -2.40. The Kier molecular flexibility index (Phi) is 6.05. The molecule has 0 amide bonds. The van der Waals surface area contributed by atoms with Gasteiger partial charge in [-0.1, -0.05) is 24.4 Å². The van der Waals surface area contributed by atoms with Crippen LogP contribution in [0.3, 0.4) is 0 Å². The SMILES string of the molecule is Cc1onc(N)c1S(=O)(=O)N(CCN(C)C)CC1CCCCC1. The van der Waals surface area contributed by atoms with Crippen LogP contribution in [0.5, 0.6) is 0 Å². The zero-order chi connectivity index (χ0) is 17.0. The summed E-state index contributed by atoms with van der Waals surface area (Å²) in [6.07, 6.45) is 5.79. The second-order valence-electron chi connectivity index (χ2n) is 6.62. The molecule has 132 valence electrons. The summed E-state index contributed by atoms with van der Waals surface area (Å²) in [4.78, 5) is 2.00. The fourth-order valence-corrected chi connectivity index (χ4v) is 4.79. The van der Waals surface area contributed by atoms with Gasteiger partial charge in [0.15, 0.2) is 16.5 Å². The molecule has 1 heterocycles. The summed E-state index contributed by atoms with van der Waals surface area (Å²) in [7, 11) is 0.181. The lowest BCUT2D eigenvalue weighted by Gasteiger charge is -2.29. The van der Waals surface area contributed by atoms with Crippen LogP contribution in [0.1, 0.15) is 37.9 Å². The fourth-order valence-electron chi connectivity index (χ4n) is 3.10. The highest BCUT2D eigenvalue weighted by Gasteiger charge is 2.33.